The minimum Gasteiger partial charge on any atom is -0.322 e. The van der Waals surface area contributed by atoms with Crippen LogP contribution in [0.2, 0.25) is 5.02 Å². The maximum Gasteiger partial charge on any atom is 0.259 e. The summed E-state index contributed by atoms with van der Waals surface area (Å²) in [7, 11) is 0. The molecule has 0 fully saturated rings. The number of aromatic nitrogens is 1. The molecule has 0 aliphatic carbocycles. The van der Waals surface area contributed by atoms with Crippen LogP contribution in [0.1, 0.15) is 15.9 Å². The van der Waals surface area contributed by atoms with Gasteiger partial charge in [-0.2, -0.15) is 0 Å². The fourth-order valence-electron chi connectivity index (χ4n) is 3.16. The molecule has 120 valence electrons. The molecule has 1 amide bonds. The van der Waals surface area contributed by atoms with Crippen molar-refractivity contribution >= 4 is 34.1 Å². The normalized spacial score (nSPS) is 13.3. The average molecular weight is 343 g/mol. The van der Waals surface area contributed by atoms with Crippen molar-refractivity contribution in [3.05, 3.63) is 74.8 Å². The van der Waals surface area contributed by atoms with Gasteiger partial charge in [0.2, 0.25) is 5.56 Å². The molecule has 4 nitrogen and oxygen atoms in total. The molecule has 0 saturated heterocycles. The van der Waals surface area contributed by atoms with Crippen LogP contribution in [-0.4, -0.2) is 17.4 Å². The Balaban J connectivity index is 1.87. The van der Waals surface area contributed by atoms with E-state index in [4.69, 9.17) is 11.6 Å². The van der Waals surface area contributed by atoms with Crippen molar-refractivity contribution in [1.29, 1.82) is 0 Å². The highest BCUT2D eigenvalue weighted by molar-refractivity contribution is 6.32. The number of aromatic amines is 1. The number of nitrogens with one attached hydrogen (secondary N) is 1. The molecule has 2 aromatic carbocycles. The van der Waals surface area contributed by atoms with Gasteiger partial charge in [-0.05, 0) is 42.3 Å². The van der Waals surface area contributed by atoms with Crippen LogP contribution in [0.25, 0.3) is 10.9 Å². The number of rotatable bonds is 1. The van der Waals surface area contributed by atoms with E-state index in [0.717, 1.165) is 11.3 Å². The Hall–Kier alpha value is -2.66. The lowest BCUT2D eigenvalue weighted by Gasteiger charge is -2.18. The topological polar surface area (TPSA) is 53.2 Å². The van der Waals surface area contributed by atoms with Crippen molar-refractivity contribution in [1.82, 2.24) is 4.98 Å². The summed E-state index contributed by atoms with van der Waals surface area (Å²) in [5.41, 5.74) is 1.79. The predicted octanol–water partition coefficient (Wildman–Crippen LogP) is 3.52. The van der Waals surface area contributed by atoms with Crippen LogP contribution in [0, 0.1) is 5.82 Å². The highest BCUT2D eigenvalue weighted by atomic mass is 35.5. The summed E-state index contributed by atoms with van der Waals surface area (Å²) in [6.07, 6.45) is 0.663. The van der Waals surface area contributed by atoms with Gasteiger partial charge in [0.1, 0.15) is 5.82 Å². The summed E-state index contributed by atoms with van der Waals surface area (Å²) in [6.45, 7) is 0.493. The number of halogens is 2. The number of fused-ring (bicyclic) bond motifs is 2. The lowest BCUT2D eigenvalue weighted by atomic mass is 10.1. The molecule has 0 unspecified atom stereocenters. The van der Waals surface area contributed by atoms with Crippen LogP contribution in [-0.2, 0) is 6.42 Å². The van der Waals surface area contributed by atoms with Gasteiger partial charge in [-0.1, -0.05) is 17.7 Å². The summed E-state index contributed by atoms with van der Waals surface area (Å²) < 4.78 is 13.4. The molecule has 0 radical (unpaired) electrons. The first-order valence-corrected chi connectivity index (χ1v) is 7.84. The Morgan fingerprint density at radius 1 is 1.21 bits per heavy atom. The lowest BCUT2D eigenvalue weighted by molar-refractivity contribution is 0.0991. The summed E-state index contributed by atoms with van der Waals surface area (Å²) >= 11 is 6.19. The maximum absolute atomic E-state index is 13.4. The molecule has 1 aliphatic rings. The van der Waals surface area contributed by atoms with Gasteiger partial charge < -0.3 is 9.88 Å². The van der Waals surface area contributed by atoms with Gasteiger partial charge in [0.15, 0.2) is 0 Å². The number of hydrogen-bond donors (Lipinski definition) is 1. The van der Waals surface area contributed by atoms with E-state index >= 15 is 0 Å². The number of H-pyrrole nitrogens is 1. The van der Waals surface area contributed by atoms with E-state index in [1.54, 1.807) is 17.0 Å². The quantitative estimate of drug-likeness (QED) is 0.735. The average Bonchev–Trinajstić information content (AvgIpc) is 2.98. The molecule has 2 heterocycles. The Morgan fingerprint density at radius 3 is 2.88 bits per heavy atom. The molecule has 4 rings (SSSR count). The van der Waals surface area contributed by atoms with Crippen LogP contribution in [0.15, 0.2) is 47.3 Å². The van der Waals surface area contributed by atoms with Crippen molar-refractivity contribution < 1.29 is 9.18 Å². The Morgan fingerprint density at radius 2 is 2.04 bits per heavy atom. The smallest absolute Gasteiger partial charge is 0.259 e. The number of anilines is 1. The molecule has 1 aromatic heterocycles. The molecule has 3 aromatic rings. The second-order valence-corrected chi connectivity index (χ2v) is 6.09. The van der Waals surface area contributed by atoms with Crippen LogP contribution < -0.4 is 10.5 Å². The summed E-state index contributed by atoms with van der Waals surface area (Å²) in [6, 6.07) is 10.7. The van der Waals surface area contributed by atoms with Gasteiger partial charge in [-0.25, -0.2) is 4.39 Å². The number of carbonyl (C=O) groups is 1. The monoisotopic (exact) mass is 342 g/mol. The highest BCUT2D eigenvalue weighted by Gasteiger charge is 2.28. The van der Waals surface area contributed by atoms with Crippen LogP contribution in [0.3, 0.4) is 0 Å². The largest absolute Gasteiger partial charge is 0.322 e. The molecular weight excluding hydrogens is 331 g/mol. The van der Waals surface area contributed by atoms with E-state index in [2.05, 4.69) is 4.98 Å². The zero-order valence-corrected chi connectivity index (χ0v) is 13.2. The third kappa shape index (κ3) is 2.29. The second kappa shape index (κ2) is 5.46. The standard InChI is InChI=1S/C18H12ClFN2O2/c19-14-2-1-3-16-12(14)6-7-22(16)18(24)13-9-17(23)21-15-8-10(20)4-5-11(13)15/h1-5,8-9H,6-7H2,(H,21,23). The zero-order valence-electron chi connectivity index (χ0n) is 12.5. The minimum atomic E-state index is -0.471. The van der Waals surface area contributed by atoms with Gasteiger partial charge >= 0.3 is 0 Å². The van der Waals surface area contributed by atoms with Crippen LogP contribution >= 0.6 is 11.6 Å². The van der Waals surface area contributed by atoms with Gasteiger partial charge in [-0.3, -0.25) is 9.59 Å². The van der Waals surface area contributed by atoms with Crippen molar-refractivity contribution in [3.63, 3.8) is 0 Å². The number of pyridine rings is 1. The minimum absolute atomic E-state index is 0.251. The maximum atomic E-state index is 13.4. The number of benzene rings is 2. The number of carbonyl (C=O) groups excluding carboxylic acids is 1. The molecule has 0 saturated carbocycles. The van der Waals surface area contributed by atoms with E-state index < -0.39 is 11.4 Å². The molecule has 0 spiro atoms. The summed E-state index contributed by atoms with van der Waals surface area (Å²) in [5.74, 6) is -0.764. The second-order valence-electron chi connectivity index (χ2n) is 5.68. The van der Waals surface area contributed by atoms with Gasteiger partial charge in [0.25, 0.3) is 5.91 Å². The Bertz CT molecular complexity index is 1040. The van der Waals surface area contributed by atoms with E-state index in [9.17, 15) is 14.0 Å². The van der Waals surface area contributed by atoms with Crippen LogP contribution in [0.5, 0.6) is 0 Å². The molecule has 1 aliphatic heterocycles. The van der Waals surface area contributed by atoms with Gasteiger partial charge in [0.05, 0.1) is 11.1 Å². The highest BCUT2D eigenvalue weighted by Crippen LogP contribution is 2.34. The zero-order chi connectivity index (χ0) is 16.8. The van der Waals surface area contributed by atoms with E-state index in [0.29, 0.717) is 28.9 Å². The first kappa shape index (κ1) is 14.9. The lowest BCUT2D eigenvalue weighted by Crippen LogP contribution is -2.30. The predicted molar refractivity (Wildman–Crippen MR) is 91.4 cm³/mol. The van der Waals surface area contributed by atoms with Gasteiger partial charge in [0, 0.05) is 28.7 Å². The molecule has 1 N–H and O–H groups in total. The molecule has 0 bridgehead atoms. The summed E-state index contributed by atoms with van der Waals surface area (Å²) in [4.78, 5) is 29.0. The van der Waals surface area contributed by atoms with E-state index in [1.165, 1.54) is 24.3 Å². The van der Waals surface area contributed by atoms with E-state index in [1.807, 2.05) is 6.07 Å². The SMILES string of the molecule is O=C(c1cc(=O)[nH]c2cc(F)ccc12)N1CCc2c(Cl)cccc21. The summed E-state index contributed by atoms with van der Waals surface area (Å²) in [5, 5.41) is 1.14. The number of amides is 1. The Labute approximate surface area is 141 Å². The van der Waals surface area contributed by atoms with E-state index in [-0.39, 0.29) is 11.5 Å². The van der Waals surface area contributed by atoms with Crippen LogP contribution in [0.4, 0.5) is 10.1 Å². The molecule has 0 atom stereocenters. The number of hydrogen-bond acceptors (Lipinski definition) is 2. The Kier molecular flexibility index (Phi) is 3.39. The first-order valence-electron chi connectivity index (χ1n) is 7.46. The molecule has 6 heteroatoms. The first-order chi connectivity index (χ1) is 11.5. The van der Waals surface area contributed by atoms with Gasteiger partial charge in [-0.15, -0.1) is 0 Å². The molecule has 24 heavy (non-hydrogen) atoms. The van der Waals surface area contributed by atoms with Crippen molar-refractivity contribution in [2.45, 2.75) is 6.42 Å². The molecular formula is C18H12ClFN2O2. The van der Waals surface area contributed by atoms with Crippen molar-refractivity contribution in [2.24, 2.45) is 0 Å². The van der Waals surface area contributed by atoms with Crippen molar-refractivity contribution in [3.8, 4) is 0 Å². The van der Waals surface area contributed by atoms with Crippen molar-refractivity contribution in [2.75, 3.05) is 11.4 Å². The fraction of sp³-hybridized carbons (Fsp3) is 0.111. The fourth-order valence-corrected chi connectivity index (χ4v) is 3.42. The third-order valence-electron chi connectivity index (χ3n) is 4.25. The third-order valence-corrected chi connectivity index (χ3v) is 4.61. The number of nitrogens with zero attached hydrogens (tertiary/aromatic N) is 1.